The van der Waals surface area contributed by atoms with Crippen molar-refractivity contribution in [1.29, 1.82) is 0 Å². The molecule has 0 radical (unpaired) electrons. The third-order valence-corrected chi connectivity index (χ3v) is 6.80. The summed E-state index contributed by atoms with van der Waals surface area (Å²) in [6.45, 7) is 0. The maximum atomic E-state index is 13.6. The lowest BCUT2D eigenvalue weighted by Crippen LogP contribution is -2.15. The van der Waals surface area contributed by atoms with Gasteiger partial charge in [0.1, 0.15) is 5.82 Å². The summed E-state index contributed by atoms with van der Waals surface area (Å²) in [5.74, 6) is 2.87. The number of methoxy groups -OCH3 is 3. The smallest absolute Gasteiger partial charge is 0.203 e. The van der Waals surface area contributed by atoms with Crippen molar-refractivity contribution in [2.24, 2.45) is 0 Å². The number of rotatable bonds is 8. The van der Waals surface area contributed by atoms with Crippen molar-refractivity contribution in [2.45, 2.75) is 49.1 Å². The first-order valence-electron chi connectivity index (χ1n) is 10.8. The zero-order valence-corrected chi connectivity index (χ0v) is 19.5. The van der Waals surface area contributed by atoms with Crippen LogP contribution in [0, 0.1) is 5.82 Å². The Morgan fingerprint density at radius 3 is 2.31 bits per heavy atom. The molecular formula is C24H28FN3O3S. The van der Waals surface area contributed by atoms with Crippen LogP contribution in [0.5, 0.6) is 17.2 Å². The molecule has 0 bridgehead atoms. The number of halogens is 1. The normalized spacial score (nSPS) is 14.4. The first-order chi connectivity index (χ1) is 15.6. The molecular weight excluding hydrogens is 429 g/mol. The van der Waals surface area contributed by atoms with Crippen LogP contribution in [0.3, 0.4) is 0 Å². The largest absolute Gasteiger partial charge is 0.493 e. The van der Waals surface area contributed by atoms with Crippen LogP contribution in [0.2, 0.25) is 0 Å². The summed E-state index contributed by atoms with van der Waals surface area (Å²) < 4.78 is 32.4. The predicted molar refractivity (Wildman–Crippen MR) is 123 cm³/mol. The van der Waals surface area contributed by atoms with Crippen LogP contribution in [0.4, 0.5) is 4.39 Å². The monoisotopic (exact) mass is 457 g/mol. The number of hydrogen-bond acceptors (Lipinski definition) is 6. The number of hydrogen-bond donors (Lipinski definition) is 0. The van der Waals surface area contributed by atoms with E-state index < -0.39 is 0 Å². The summed E-state index contributed by atoms with van der Waals surface area (Å²) in [6, 6.07) is 10.8. The topological polar surface area (TPSA) is 58.4 Å². The van der Waals surface area contributed by atoms with Gasteiger partial charge in [-0.3, -0.25) is 4.57 Å². The molecule has 4 rings (SSSR count). The Balaban J connectivity index is 1.73. The molecule has 1 aliphatic rings. The summed E-state index contributed by atoms with van der Waals surface area (Å²) in [5, 5.41) is 9.93. The Bertz CT molecular complexity index is 1040. The molecule has 0 unspecified atom stereocenters. The fourth-order valence-electron chi connectivity index (χ4n) is 4.23. The molecule has 8 heteroatoms. The van der Waals surface area contributed by atoms with Gasteiger partial charge in [0, 0.05) is 17.4 Å². The molecule has 32 heavy (non-hydrogen) atoms. The Kier molecular flexibility index (Phi) is 7.19. The van der Waals surface area contributed by atoms with Crippen molar-refractivity contribution in [3.63, 3.8) is 0 Å². The molecule has 1 aliphatic carbocycles. The molecule has 2 aromatic carbocycles. The molecule has 170 valence electrons. The number of benzene rings is 2. The molecule has 1 saturated carbocycles. The SMILES string of the molecule is COc1cc(-c2nnc(SCc3cccc(F)c3)n2C2CCCCC2)cc(OC)c1OC. The van der Waals surface area contributed by atoms with Crippen LogP contribution in [0.15, 0.2) is 41.6 Å². The summed E-state index contributed by atoms with van der Waals surface area (Å²) in [6.07, 6.45) is 5.80. The van der Waals surface area contributed by atoms with Crippen LogP contribution in [0.25, 0.3) is 11.4 Å². The Labute approximate surface area is 192 Å². The fourth-order valence-corrected chi connectivity index (χ4v) is 5.17. The second kappa shape index (κ2) is 10.3. The van der Waals surface area contributed by atoms with Crippen molar-refractivity contribution < 1.29 is 18.6 Å². The van der Waals surface area contributed by atoms with Crippen LogP contribution < -0.4 is 14.2 Å². The van der Waals surface area contributed by atoms with Gasteiger partial charge in [-0.2, -0.15) is 0 Å². The van der Waals surface area contributed by atoms with E-state index in [1.165, 1.54) is 25.3 Å². The summed E-state index contributed by atoms with van der Waals surface area (Å²) in [4.78, 5) is 0. The lowest BCUT2D eigenvalue weighted by atomic mass is 9.95. The van der Waals surface area contributed by atoms with Gasteiger partial charge >= 0.3 is 0 Å². The van der Waals surface area contributed by atoms with E-state index in [-0.39, 0.29) is 5.82 Å². The highest BCUT2D eigenvalue weighted by atomic mass is 32.2. The Morgan fingerprint density at radius 1 is 0.969 bits per heavy atom. The summed E-state index contributed by atoms with van der Waals surface area (Å²) >= 11 is 1.58. The van der Waals surface area contributed by atoms with Gasteiger partial charge in [0.2, 0.25) is 5.75 Å². The molecule has 1 fully saturated rings. The van der Waals surface area contributed by atoms with Crippen LogP contribution in [0.1, 0.15) is 43.7 Å². The molecule has 6 nitrogen and oxygen atoms in total. The van der Waals surface area contributed by atoms with Crippen molar-refractivity contribution in [1.82, 2.24) is 14.8 Å². The average molecular weight is 458 g/mol. The molecule has 0 amide bonds. The van der Waals surface area contributed by atoms with Gasteiger partial charge in [0.25, 0.3) is 0 Å². The van der Waals surface area contributed by atoms with E-state index in [1.807, 2.05) is 18.2 Å². The fraction of sp³-hybridized carbons (Fsp3) is 0.417. The van der Waals surface area contributed by atoms with Crippen molar-refractivity contribution >= 4 is 11.8 Å². The molecule has 0 saturated heterocycles. The van der Waals surface area contributed by atoms with Gasteiger partial charge in [0.15, 0.2) is 22.5 Å². The highest BCUT2D eigenvalue weighted by Gasteiger charge is 2.25. The van der Waals surface area contributed by atoms with Gasteiger partial charge in [-0.05, 0) is 42.7 Å². The standard InChI is InChI=1S/C24H28FN3O3S/c1-29-20-13-17(14-21(30-2)22(20)31-3)23-26-27-24(28(23)19-10-5-4-6-11-19)32-15-16-8-7-9-18(25)12-16/h7-9,12-14,19H,4-6,10-11,15H2,1-3H3. The van der Waals surface area contributed by atoms with E-state index in [9.17, 15) is 4.39 Å². The van der Waals surface area contributed by atoms with E-state index >= 15 is 0 Å². The van der Waals surface area contributed by atoms with Gasteiger partial charge < -0.3 is 14.2 Å². The van der Waals surface area contributed by atoms with Gasteiger partial charge in [0.05, 0.1) is 21.3 Å². The molecule has 0 atom stereocenters. The van der Waals surface area contributed by atoms with E-state index in [0.717, 1.165) is 34.9 Å². The maximum Gasteiger partial charge on any atom is 0.203 e. The predicted octanol–water partition coefficient (Wildman–Crippen LogP) is 5.91. The zero-order chi connectivity index (χ0) is 22.5. The van der Waals surface area contributed by atoms with Crippen LogP contribution in [-0.2, 0) is 5.75 Å². The Morgan fingerprint density at radius 2 is 1.69 bits per heavy atom. The minimum absolute atomic E-state index is 0.227. The number of aromatic nitrogens is 3. The lowest BCUT2D eigenvalue weighted by molar-refractivity contribution is 0.324. The van der Waals surface area contributed by atoms with E-state index in [1.54, 1.807) is 45.2 Å². The van der Waals surface area contributed by atoms with E-state index in [0.29, 0.717) is 29.0 Å². The molecule has 3 aromatic rings. The number of thioether (sulfide) groups is 1. The van der Waals surface area contributed by atoms with E-state index in [2.05, 4.69) is 14.8 Å². The summed E-state index contributed by atoms with van der Waals surface area (Å²) in [7, 11) is 4.80. The highest BCUT2D eigenvalue weighted by molar-refractivity contribution is 7.98. The number of nitrogens with zero attached hydrogens (tertiary/aromatic N) is 3. The van der Waals surface area contributed by atoms with Gasteiger partial charge in [-0.1, -0.05) is 43.2 Å². The first-order valence-corrected chi connectivity index (χ1v) is 11.8. The quantitative estimate of drug-likeness (QED) is 0.392. The van der Waals surface area contributed by atoms with E-state index in [4.69, 9.17) is 14.2 Å². The maximum absolute atomic E-state index is 13.6. The number of ether oxygens (including phenoxy) is 3. The highest BCUT2D eigenvalue weighted by Crippen LogP contribution is 2.43. The van der Waals surface area contributed by atoms with Crippen molar-refractivity contribution in [3.05, 3.63) is 47.8 Å². The lowest BCUT2D eigenvalue weighted by Gasteiger charge is -2.26. The second-order valence-electron chi connectivity index (χ2n) is 7.80. The minimum Gasteiger partial charge on any atom is -0.493 e. The third kappa shape index (κ3) is 4.70. The third-order valence-electron chi connectivity index (χ3n) is 5.78. The van der Waals surface area contributed by atoms with Gasteiger partial charge in [-0.25, -0.2) is 4.39 Å². The molecule has 0 spiro atoms. The zero-order valence-electron chi connectivity index (χ0n) is 18.6. The molecule has 1 heterocycles. The van der Waals surface area contributed by atoms with Gasteiger partial charge in [-0.15, -0.1) is 10.2 Å². The first kappa shape index (κ1) is 22.5. The molecule has 0 N–H and O–H groups in total. The molecule has 1 aromatic heterocycles. The van der Waals surface area contributed by atoms with Crippen LogP contribution in [-0.4, -0.2) is 36.1 Å². The van der Waals surface area contributed by atoms with Crippen molar-refractivity contribution in [2.75, 3.05) is 21.3 Å². The van der Waals surface area contributed by atoms with Crippen molar-refractivity contribution in [3.8, 4) is 28.6 Å². The summed E-state index contributed by atoms with van der Waals surface area (Å²) in [5.41, 5.74) is 1.78. The minimum atomic E-state index is -0.227. The molecule has 0 aliphatic heterocycles. The Hall–Kier alpha value is -2.74. The average Bonchev–Trinajstić information content (AvgIpc) is 3.26. The second-order valence-corrected chi connectivity index (χ2v) is 8.74. The van der Waals surface area contributed by atoms with Crippen LogP contribution >= 0.6 is 11.8 Å².